The predicted molar refractivity (Wildman–Crippen MR) is 388 cm³/mol. The van der Waals surface area contributed by atoms with E-state index in [-0.39, 0.29) is 52.1 Å². The molecule has 7 aromatic heterocycles. The number of aliphatic hydroxyl groups excluding tert-OH is 3. The molecule has 0 aromatic carbocycles. The van der Waals surface area contributed by atoms with Crippen LogP contribution in [0.2, 0.25) is 15.5 Å². The number of halogens is 3. The molecular formula is C71H97Cl3N14O11. The van der Waals surface area contributed by atoms with E-state index in [2.05, 4.69) is 115 Å². The minimum absolute atomic E-state index is 0.126. The highest BCUT2D eigenvalue weighted by Crippen LogP contribution is 2.45. The van der Waals surface area contributed by atoms with E-state index >= 15 is 0 Å². The van der Waals surface area contributed by atoms with Gasteiger partial charge < -0.3 is 75.0 Å². The number of pyridine rings is 2. The molecule has 0 unspecified atom stereocenters. The summed E-state index contributed by atoms with van der Waals surface area (Å²) in [6.07, 6.45) is 9.04. The number of hydrogen-bond acceptors (Lipinski definition) is 25. The number of anilines is 6. The van der Waals surface area contributed by atoms with E-state index in [1.807, 2.05) is 52.8 Å². The maximum absolute atomic E-state index is 12.7. The monoisotopic (exact) mass is 1430 g/mol. The standard InChI is InChI=1S/C29H40ClN5O4.C22H28ClN5O4.C20H29ClN4O3/c1-9-11-19-12-18-14-21(37-24(18)16(4)32-19)22-25(30)34-27(31-8)35-26(22)33-20-13-17(10-2)15(3)23(20)38-28(36)39-29(5,6)7;1-4-5-13-6-11-8-15(32-19(11)10(2)25-13)16-20(23)27-22(24-3)28-21(16)26-14-7-12(9-29)17(30)18(14)31;1-8-12-10-14(15(11(12)3)27-19(26)28-20(4,5)6)23-17-13(9-2)16(21)24-18(22-7)25-17/h12,14-15,17,20,23H,9-11,13H2,1-8H3,(H2,31,33,34,35);6,8,12,14,17-18,29-31H,4-5,7,9H2,1-3H3,(H2,24,26,27,28);2,11-12,14-15H,8,10H2,1,3-7H3,(H2,22,23,24,25)/t15-,17+,20-,23-;12-,14-,17-,18+;11-,12+,14-,15-/m111/s1. The van der Waals surface area contributed by atoms with Crippen LogP contribution in [0.3, 0.4) is 0 Å². The van der Waals surface area contributed by atoms with Crippen molar-refractivity contribution in [2.75, 3.05) is 59.7 Å². The molecule has 0 radical (unpaired) electrons. The lowest BCUT2D eigenvalue weighted by Crippen LogP contribution is -2.38. The number of nitrogens with zero attached hydrogens (tertiary/aromatic N) is 8. The molecule has 3 saturated carbocycles. The third-order valence-electron chi connectivity index (χ3n) is 18.1. The Labute approximate surface area is 594 Å². The highest BCUT2D eigenvalue weighted by Gasteiger charge is 2.46. The molecule has 3 fully saturated rings. The second-order valence-corrected chi connectivity index (χ2v) is 28.6. The first-order valence-corrected chi connectivity index (χ1v) is 35.1. The average Bonchev–Trinajstić information content (AvgIpc) is 1.66. The second-order valence-electron chi connectivity index (χ2n) is 27.6. The number of nitrogens with one attached hydrogen (secondary N) is 6. The van der Waals surface area contributed by atoms with E-state index in [0.717, 1.165) is 84.9 Å². The van der Waals surface area contributed by atoms with Crippen LogP contribution in [0.5, 0.6) is 0 Å². The number of hydrogen-bond donors (Lipinski definition) is 9. The quantitative estimate of drug-likeness (QED) is 0.0194. The van der Waals surface area contributed by atoms with Crippen LogP contribution in [0.25, 0.3) is 44.6 Å². The van der Waals surface area contributed by atoms with E-state index in [0.29, 0.717) is 92.9 Å². The smallest absolute Gasteiger partial charge is 0.454 e. The normalized spacial score (nSPS) is 22.7. The molecule has 12 atom stereocenters. The summed E-state index contributed by atoms with van der Waals surface area (Å²) in [5.41, 5.74) is 5.10. The van der Waals surface area contributed by atoms with Crippen LogP contribution >= 0.6 is 34.8 Å². The van der Waals surface area contributed by atoms with Crippen LogP contribution in [0, 0.1) is 55.8 Å². The summed E-state index contributed by atoms with van der Waals surface area (Å²) in [5, 5.41) is 51.4. The topological polar surface area (TPSA) is 333 Å². The zero-order valence-corrected chi connectivity index (χ0v) is 62.0. The largest absolute Gasteiger partial charge is 0.509 e. The minimum atomic E-state index is -1.06. The Balaban J connectivity index is 0.000000192. The summed E-state index contributed by atoms with van der Waals surface area (Å²) in [7, 11) is 5.11. The maximum atomic E-state index is 12.7. The van der Waals surface area contributed by atoms with Crippen molar-refractivity contribution >= 4 is 104 Å². The SMILES string of the molecule is C#Cc1c(Cl)nc(NC)nc1N[C@@H]1C[C@H](CC)[C@@H](C)[C@H]1OC(=O)OC(C)(C)C.CCCc1cc2cc(-c3c(Cl)nc(NC)nc3N[C@@H]3C[C@H](CC)[C@@H](C)[C@H]3OC(=O)OC(C)(C)C)oc2c(C)n1.CCCc1cc2cc(-c3c(Cl)nc(NC)nc3N[C@@H]3C[C@H](CO)[C@@H](O)[C@H]3O)oc2c(C)n1. The molecule has 9 N–H and O–H groups in total. The summed E-state index contributed by atoms with van der Waals surface area (Å²) < 4.78 is 34.8. The van der Waals surface area contributed by atoms with Crippen LogP contribution in [-0.2, 0) is 31.8 Å². The van der Waals surface area contributed by atoms with Crippen molar-refractivity contribution < 1.29 is 52.7 Å². The van der Waals surface area contributed by atoms with Gasteiger partial charge in [0.2, 0.25) is 17.8 Å². The van der Waals surface area contributed by atoms with Crippen molar-refractivity contribution in [1.29, 1.82) is 0 Å². The van der Waals surface area contributed by atoms with Crippen LogP contribution in [0.15, 0.2) is 33.1 Å². The van der Waals surface area contributed by atoms with E-state index < -0.39 is 53.8 Å². The Kier molecular flexibility index (Phi) is 25.8. The molecule has 25 nitrogen and oxygen atoms in total. The van der Waals surface area contributed by atoms with Gasteiger partial charge in [0.15, 0.2) is 16.3 Å². The fourth-order valence-corrected chi connectivity index (χ4v) is 13.9. The predicted octanol–water partition coefficient (Wildman–Crippen LogP) is 14.5. The van der Waals surface area contributed by atoms with Gasteiger partial charge in [-0.15, -0.1) is 6.42 Å². The third-order valence-corrected chi connectivity index (χ3v) is 18.9. The van der Waals surface area contributed by atoms with Gasteiger partial charge in [-0.25, -0.2) is 19.6 Å². The molecule has 0 amide bonds. The molecule has 0 bridgehead atoms. The van der Waals surface area contributed by atoms with Crippen LogP contribution in [-0.4, -0.2) is 149 Å². The first-order chi connectivity index (χ1) is 46.9. The molecule has 538 valence electrons. The van der Waals surface area contributed by atoms with E-state index in [9.17, 15) is 24.9 Å². The molecule has 7 aromatic rings. The van der Waals surface area contributed by atoms with Gasteiger partial charge in [-0.1, -0.05) is 108 Å². The molecule has 28 heteroatoms. The summed E-state index contributed by atoms with van der Waals surface area (Å²) in [6, 6.07) is 6.99. The van der Waals surface area contributed by atoms with Crippen LogP contribution in [0.4, 0.5) is 44.9 Å². The number of ether oxygens (including phenoxy) is 4. The van der Waals surface area contributed by atoms with Gasteiger partial charge in [-0.3, -0.25) is 9.97 Å². The van der Waals surface area contributed by atoms with Crippen molar-refractivity contribution in [3.05, 3.63) is 68.1 Å². The van der Waals surface area contributed by atoms with Crippen molar-refractivity contribution in [2.45, 2.75) is 208 Å². The molecular weight excluding hydrogens is 1330 g/mol. The molecule has 0 saturated heterocycles. The van der Waals surface area contributed by atoms with Gasteiger partial charge in [0.05, 0.1) is 46.7 Å². The Bertz CT molecular complexity index is 4000. The average molecular weight is 1430 g/mol. The number of furan rings is 2. The fraction of sp³-hybridized carbons (Fsp3) is 0.577. The number of rotatable bonds is 20. The number of fused-ring (bicyclic) bond motifs is 2. The van der Waals surface area contributed by atoms with Gasteiger partial charge in [-0.2, -0.15) is 19.9 Å². The van der Waals surface area contributed by atoms with Crippen molar-refractivity contribution in [1.82, 2.24) is 39.9 Å². The van der Waals surface area contributed by atoms with Gasteiger partial charge in [0.1, 0.15) is 74.4 Å². The number of carbonyl (C=O) groups excluding carboxylic acids is 2. The van der Waals surface area contributed by atoms with Crippen molar-refractivity contribution in [2.24, 2.45) is 29.6 Å². The number of aryl methyl sites for hydroxylation is 4. The summed E-state index contributed by atoms with van der Waals surface area (Å²) in [6.45, 7) is 27.2. The first kappa shape index (κ1) is 77.0. The number of aliphatic hydroxyl groups is 3. The minimum Gasteiger partial charge on any atom is -0.454 e. The second kappa shape index (κ2) is 33.2. The van der Waals surface area contributed by atoms with E-state index in [4.69, 9.17) is 79.0 Å². The fourth-order valence-electron chi connectivity index (χ4n) is 13.2. The molecule has 10 rings (SSSR count). The lowest BCUT2D eigenvalue weighted by molar-refractivity contribution is -0.0377. The summed E-state index contributed by atoms with van der Waals surface area (Å²) in [5.74, 6) is 6.49. The lowest BCUT2D eigenvalue weighted by Gasteiger charge is -2.27. The van der Waals surface area contributed by atoms with Crippen LogP contribution in [0.1, 0.15) is 156 Å². The highest BCUT2D eigenvalue weighted by atomic mass is 35.5. The van der Waals surface area contributed by atoms with Crippen molar-refractivity contribution in [3.63, 3.8) is 0 Å². The zero-order valence-electron chi connectivity index (χ0n) is 59.7. The summed E-state index contributed by atoms with van der Waals surface area (Å²) in [4.78, 5) is 60.7. The van der Waals surface area contributed by atoms with E-state index in [1.165, 1.54) is 0 Å². The summed E-state index contributed by atoms with van der Waals surface area (Å²) >= 11 is 19.5. The molecule has 7 heterocycles. The number of carbonyl (C=O) groups is 2. The molecule has 3 aliphatic rings. The maximum Gasteiger partial charge on any atom is 0.509 e. The zero-order chi connectivity index (χ0) is 72.5. The Hall–Kier alpha value is -7.73. The third kappa shape index (κ3) is 18.6. The van der Waals surface area contributed by atoms with Gasteiger partial charge >= 0.3 is 12.3 Å². The highest BCUT2D eigenvalue weighted by molar-refractivity contribution is 6.33. The molecule has 0 spiro atoms. The Morgan fingerprint density at radius 1 is 0.576 bits per heavy atom. The Morgan fingerprint density at radius 3 is 1.32 bits per heavy atom. The van der Waals surface area contributed by atoms with Crippen molar-refractivity contribution in [3.8, 4) is 35.0 Å². The van der Waals surface area contributed by atoms with E-state index in [1.54, 1.807) is 41.9 Å². The molecule has 0 aliphatic heterocycles. The van der Waals surface area contributed by atoms with Gasteiger partial charge in [0, 0.05) is 55.8 Å². The Morgan fingerprint density at radius 2 is 0.960 bits per heavy atom. The number of aromatic nitrogens is 8. The molecule has 99 heavy (non-hydrogen) atoms. The van der Waals surface area contributed by atoms with Crippen LogP contribution < -0.4 is 31.9 Å². The first-order valence-electron chi connectivity index (χ1n) is 34.0. The number of terminal acetylenes is 1. The van der Waals surface area contributed by atoms with Gasteiger partial charge in [0.25, 0.3) is 0 Å². The molecule has 3 aliphatic carbocycles. The van der Waals surface area contributed by atoms with Gasteiger partial charge in [-0.05, 0) is 135 Å². The lowest BCUT2D eigenvalue weighted by atomic mass is 9.95.